The lowest BCUT2D eigenvalue weighted by Crippen LogP contribution is -2.40. The van der Waals surface area contributed by atoms with Gasteiger partial charge in [-0.2, -0.15) is 0 Å². The molecule has 50 heavy (non-hydrogen) atoms. The molecule has 4 rings (SSSR count). The predicted octanol–water partition coefficient (Wildman–Crippen LogP) is 9.09. The zero-order valence-corrected chi connectivity index (χ0v) is 31.5. The van der Waals surface area contributed by atoms with Gasteiger partial charge in [0.2, 0.25) is 0 Å². The Bertz CT molecular complexity index is 1700. The molecule has 0 radical (unpaired) electrons. The molecule has 266 valence electrons. The summed E-state index contributed by atoms with van der Waals surface area (Å²) in [7, 11) is 0. The van der Waals surface area contributed by atoms with Gasteiger partial charge in [-0.15, -0.1) is 0 Å². The Morgan fingerprint density at radius 2 is 0.900 bits per heavy atom. The Hall–Kier alpha value is -5.04. The van der Waals surface area contributed by atoms with Crippen LogP contribution in [0.5, 0.6) is 0 Å². The van der Waals surface area contributed by atoms with E-state index in [1.165, 1.54) is 0 Å². The standard InChI is InChI=1S/C40H52N6O4/c1-37(2,3)31(45-35(47)49-39(7,8)9)33-41-23-29(43-33)27-19-15-25(16-20-27)13-14-26-17-21-28(22-18-26)30-24-42-34(44-30)32(38(4,5)6)46-36(48)50-40(10,11)12/h15-24,31-32H,1-12H3,(H,41,43)(H,42,44)(H,45,47)(H,46,48). The van der Waals surface area contributed by atoms with Crippen molar-refractivity contribution in [1.82, 2.24) is 30.6 Å². The fraction of sp³-hybridized carbons (Fsp3) is 0.450. The van der Waals surface area contributed by atoms with Crippen molar-refractivity contribution < 1.29 is 19.1 Å². The molecule has 2 aromatic carbocycles. The number of carbonyl (C=O) groups excluding carboxylic acids is 2. The number of hydrogen-bond donors (Lipinski definition) is 4. The molecule has 0 aliphatic carbocycles. The summed E-state index contributed by atoms with van der Waals surface area (Å²) < 4.78 is 11.0. The van der Waals surface area contributed by atoms with E-state index in [2.05, 4.69) is 42.4 Å². The first-order valence-corrected chi connectivity index (χ1v) is 16.9. The molecule has 0 saturated carbocycles. The van der Waals surface area contributed by atoms with Crippen LogP contribution in [0.4, 0.5) is 9.59 Å². The Morgan fingerprint density at radius 1 is 0.580 bits per heavy atom. The van der Waals surface area contributed by atoms with Gasteiger partial charge in [0.25, 0.3) is 0 Å². The van der Waals surface area contributed by atoms with Crippen LogP contribution in [0, 0.1) is 22.7 Å². The van der Waals surface area contributed by atoms with Crippen LogP contribution in [0.2, 0.25) is 0 Å². The number of nitrogens with zero attached hydrogens (tertiary/aromatic N) is 2. The Kier molecular flexibility index (Phi) is 10.9. The minimum atomic E-state index is -0.597. The summed E-state index contributed by atoms with van der Waals surface area (Å²) in [6.45, 7) is 23.3. The fourth-order valence-corrected chi connectivity index (χ4v) is 5.11. The number of hydrogen-bond acceptors (Lipinski definition) is 6. The van der Waals surface area contributed by atoms with Crippen molar-refractivity contribution in [2.75, 3.05) is 0 Å². The fourth-order valence-electron chi connectivity index (χ4n) is 5.11. The quantitative estimate of drug-likeness (QED) is 0.150. The number of alkyl carbamates (subject to hydrolysis) is 2. The van der Waals surface area contributed by atoms with E-state index in [9.17, 15) is 9.59 Å². The van der Waals surface area contributed by atoms with Gasteiger partial charge in [-0.05, 0) is 87.8 Å². The summed E-state index contributed by atoms with van der Waals surface area (Å²) >= 11 is 0. The topological polar surface area (TPSA) is 134 Å². The second-order valence-electron chi connectivity index (χ2n) is 16.7. The third-order valence-corrected chi connectivity index (χ3v) is 7.54. The summed E-state index contributed by atoms with van der Waals surface area (Å²) in [4.78, 5) is 41.1. The highest BCUT2D eigenvalue weighted by molar-refractivity contribution is 5.69. The molecule has 4 N–H and O–H groups in total. The van der Waals surface area contributed by atoms with Crippen LogP contribution < -0.4 is 10.6 Å². The van der Waals surface area contributed by atoms with Gasteiger partial charge in [-0.1, -0.05) is 77.6 Å². The van der Waals surface area contributed by atoms with E-state index in [4.69, 9.17) is 9.47 Å². The maximum Gasteiger partial charge on any atom is 0.408 e. The van der Waals surface area contributed by atoms with Gasteiger partial charge in [0, 0.05) is 11.1 Å². The molecule has 0 fully saturated rings. The van der Waals surface area contributed by atoms with Crippen molar-refractivity contribution >= 4 is 12.2 Å². The molecule has 0 bridgehead atoms. The van der Waals surface area contributed by atoms with Crippen molar-refractivity contribution in [3.05, 3.63) is 83.7 Å². The van der Waals surface area contributed by atoms with Crippen LogP contribution in [-0.4, -0.2) is 43.3 Å². The van der Waals surface area contributed by atoms with E-state index in [0.29, 0.717) is 11.6 Å². The number of imidazole rings is 2. The average molecular weight is 681 g/mol. The third-order valence-electron chi connectivity index (χ3n) is 7.54. The summed E-state index contributed by atoms with van der Waals surface area (Å²) in [5.74, 6) is 7.80. The first-order chi connectivity index (χ1) is 23.1. The first kappa shape index (κ1) is 37.8. The smallest absolute Gasteiger partial charge is 0.408 e. The highest BCUT2D eigenvalue weighted by atomic mass is 16.6. The molecule has 0 aliphatic heterocycles. The second-order valence-corrected chi connectivity index (χ2v) is 16.7. The van der Waals surface area contributed by atoms with E-state index in [-0.39, 0.29) is 22.9 Å². The number of nitrogens with one attached hydrogen (secondary N) is 4. The lowest BCUT2D eigenvalue weighted by molar-refractivity contribution is 0.0448. The van der Waals surface area contributed by atoms with Crippen LogP contribution >= 0.6 is 0 Å². The van der Waals surface area contributed by atoms with Gasteiger partial charge in [0.15, 0.2) is 0 Å². The zero-order valence-electron chi connectivity index (χ0n) is 31.5. The maximum absolute atomic E-state index is 12.6. The second kappa shape index (κ2) is 14.4. The number of ether oxygens (including phenoxy) is 2. The normalized spacial score (nSPS) is 13.4. The number of rotatable bonds is 6. The highest BCUT2D eigenvalue weighted by Gasteiger charge is 2.33. The lowest BCUT2D eigenvalue weighted by Gasteiger charge is -2.31. The van der Waals surface area contributed by atoms with Gasteiger partial charge in [-0.25, -0.2) is 19.6 Å². The van der Waals surface area contributed by atoms with Crippen LogP contribution in [0.25, 0.3) is 22.5 Å². The SMILES string of the molecule is CC(C)(C)OC(=O)NC(c1ncc(-c2ccc(C#Cc3ccc(-c4cnc(C(NC(=O)OC(C)(C)C)C(C)(C)C)[nH]4)cc3)cc2)[nH]1)C(C)(C)C. The number of H-pyrrole nitrogens is 2. The van der Waals surface area contributed by atoms with Gasteiger partial charge in [0.1, 0.15) is 22.9 Å². The summed E-state index contributed by atoms with van der Waals surface area (Å²) in [5, 5.41) is 5.95. The summed E-state index contributed by atoms with van der Waals surface area (Å²) in [5.41, 5.74) is 3.54. The van der Waals surface area contributed by atoms with Gasteiger partial charge in [-0.3, -0.25) is 0 Å². The van der Waals surface area contributed by atoms with Crippen molar-refractivity contribution in [1.29, 1.82) is 0 Å². The molecule has 2 unspecified atom stereocenters. The van der Waals surface area contributed by atoms with Crippen molar-refractivity contribution in [3.8, 4) is 34.4 Å². The van der Waals surface area contributed by atoms with Crippen molar-refractivity contribution in [2.45, 2.75) is 106 Å². The molecule has 2 atom stereocenters. The average Bonchev–Trinajstić information content (AvgIpc) is 3.66. The minimum Gasteiger partial charge on any atom is -0.444 e. The summed E-state index contributed by atoms with van der Waals surface area (Å²) in [6.07, 6.45) is 2.58. The Balaban J connectivity index is 1.43. The number of amides is 2. The summed E-state index contributed by atoms with van der Waals surface area (Å²) in [6, 6.07) is 15.1. The molecule has 0 saturated heterocycles. The third kappa shape index (κ3) is 10.7. The van der Waals surface area contributed by atoms with Gasteiger partial charge in [0.05, 0.1) is 35.9 Å². The molecule has 4 aromatic rings. The van der Waals surface area contributed by atoms with E-state index in [0.717, 1.165) is 33.6 Å². The first-order valence-electron chi connectivity index (χ1n) is 16.9. The lowest BCUT2D eigenvalue weighted by atomic mass is 9.86. The van der Waals surface area contributed by atoms with Gasteiger partial charge >= 0.3 is 12.2 Å². The minimum absolute atomic E-state index is 0.305. The molecule has 10 heteroatoms. The van der Waals surface area contributed by atoms with Crippen LogP contribution in [-0.2, 0) is 9.47 Å². The van der Waals surface area contributed by atoms with Crippen LogP contribution in [0.3, 0.4) is 0 Å². The van der Waals surface area contributed by atoms with Crippen LogP contribution in [0.1, 0.15) is 118 Å². The molecule has 2 aromatic heterocycles. The molecular formula is C40H52N6O4. The molecule has 2 heterocycles. The monoisotopic (exact) mass is 680 g/mol. The zero-order chi connectivity index (χ0) is 37.1. The predicted molar refractivity (Wildman–Crippen MR) is 197 cm³/mol. The van der Waals surface area contributed by atoms with Crippen molar-refractivity contribution in [2.24, 2.45) is 10.8 Å². The molecular weight excluding hydrogens is 628 g/mol. The largest absolute Gasteiger partial charge is 0.444 e. The molecule has 0 spiro atoms. The maximum atomic E-state index is 12.6. The van der Waals surface area contributed by atoms with E-state index in [1.54, 1.807) is 12.4 Å². The van der Waals surface area contributed by atoms with Crippen molar-refractivity contribution in [3.63, 3.8) is 0 Å². The molecule has 2 amide bonds. The number of benzene rings is 2. The molecule has 10 nitrogen and oxygen atoms in total. The number of aromatic nitrogens is 4. The van der Waals surface area contributed by atoms with E-state index < -0.39 is 23.4 Å². The van der Waals surface area contributed by atoms with E-state index >= 15 is 0 Å². The van der Waals surface area contributed by atoms with Crippen LogP contribution in [0.15, 0.2) is 60.9 Å². The highest BCUT2D eigenvalue weighted by Crippen LogP contribution is 2.34. The van der Waals surface area contributed by atoms with E-state index in [1.807, 2.05) is 132 Å². The molecule has 0 aliphatic rings. The Morgan fingerprint density at radius 3 is 1.18 bits per heavy atom. The number of carbonyl (C=O) groups is 2. The Labute approximate surface area is 296 Å². The number of aromatic amines is 2. The van der Waals surface area contributed by atoms with Gasteiger partial charge < -0.3 is 30.1 Å².